The Morgan fingerprint density at radius 3 is 2.58 bits per heavy atom. The quantitative estimate of drug-likeness (QED) is 0.524. The molecule has 4 heteroatoms. The van der Waals surface area contributed by atoms with Crippen LogP contribution in [0, 0.1) is 0 Å². The van der Waals surface area contributed by atoms with Crippen LogP contribution < -0.4 is 0 Å². The number of nitrogens with zero attached hydrogens (tertiary/aromatic N) is 2. The molecule has 1 rings (SSSR count). The number of hydrogen-bond acceptors (Lipinski definition) is 4. The van der Waals surface area contributed by atoms with Gasteiger partial charge in [-0.2, -0.15) is 0 Å². The van der Waals surface area contributed by atoms with Crippen LogP contribution in [-0.2, 0) is 0 Å². The number of aliphatic hydroxyl groups is 2. The Kier molecular flexibility index (Phi) is 3.46. The van der Waals surface area contributed by atoms with Crippen LogP contribution in [0.5, 0.6) is 0 Å². The summed E-state index contributed by atoms with van der Waals surface area (Å²) in [5, 5.41) is 17.6. The molecule has 0 aromatic rings. The normalized spacial score (nSPS) is 28.2. The van der Waals surface area contributed by atoms with Crippen LogP contribution in [0.1, 0.15) is 6.92 Å². The molecule has 1 fully saturated rings. The van der Waals surface area contributed by atoms with Gasteiger partial charge in [-0.1, -0.05) is 0 Å². The molecule has 12 heavy (non-hydrogen) atoms. The average Bonchev–Trinajstić information content (AvgIpc) is 1.94. The minimum atomic E-state index is -1.20. The highest BCUT2D eigenvalue weighted by atomic mass is 16.5. The van der Waals surface area contributed by atoms with Crippen LogP contribution in [0.2, 0.25) is 0 Å². The third kappa shape index (κ3) is 2.71. The van der Waals surface area contributed by atoms with Crippen LogP contribution in [0.3, 0.4) is 0 Å². The van der Waals surface area contributed by atoms with E-state index in [1.54, 1.807) is 0 Å². The molecule has 1 aliphatic heterocycles. The fraction of sp³-hybridized carbons (Fsp3) is 1.00. The Bertz CT molecular complexity index is 141. The Labute approximate surface area is 73.4 Å². The summed E-state index contributed by atoms with van der Waals surface area (Å²) >= 11 is 0. The van der Waals surface area contributed by atoms with Crippen molar-refractivity contribution in [2.75, 3.05) is 33.2 Å². The first-order chi connectivity index (χ1) is 5.59. The molecular formula is C8H18N2O2. The molecule has 0 aromatic carbocycles. The predicted molar refractivity (Wildman–Crippen MR) is 46.8 cm³/mol. The maximum absolute atomic E-state index is 8.79. The van der Waals surface area contributed by atoms with Crippen molar-refractivity contribution in [2.45, 2.75) is 19.3 Å². The third-order valence-corrected chi connectivity index (χ3v) is 2.37. The largest absolute Gasteiger partial charge is 0.367 e. The number of β-amino-alcohol motifs (C(OH)–C–C–N with tert-alkyl or cyclic N) is 2. The van der Waals surface area contributed by atoms with E-state index in [0.717, 1.165) is 19.6 Å². The molecule has 2 N–H and O–H groups in total. The van der Waals surface area contributed by atoms with Crippen molar-refractivity contribution in [1.82, 2.24) is 9.80 Å². The van der Waals surface area contributed by atoms with Gasteiger partial charge in [-0.3, -0.25) is 4.90 Å². The van der Waals surface area contributed by atoms with Gasteiger partial charge < -0.3 is 15.1 Å². The number of aliphatic hydroxyl groups excluding tert-OH is 1. The van der Waals surface area contributed by atoms with Crippen LogP contribution in [0.25, 0.3) is 0 Å². The molecule has 1 aliphatic rings. The van der Waals surface area contributed by atoms with E-state index in [0.29, 0.717) is 12.6 Å². The lowest BCUT2D eigenvalue weighted by Crippen LogP contribution is -2.52. The highest BCUT2D eigenvalue weighted by Gasteiger charge is 2.22. The lowest BCUT2D eigenvalue weighted by atomic mass is 10.2. The van der Waals surface area contributed by atoms with Crippen molar-refractivity contribution >= 4 is 0 Å². The lowest BCUT2D eigenvalue weighted by Gasteiger charge is -2.38. The highest BCUT2D eigenvalue weighted by molar-refractivity contribution is 4.77. The van der Waals surface area contributed by atoms with E-state index in [1.165, 1.54) is 0 Å². The van der Waals surface area contributed by atoms with Crippen molar-refractivity contribution in [3.63, 3.8) is 0 Å². The lowest BCUT2D eigenvalue weighted by molar-refractivity contribution is -0.0749. The van der Waals surface area contributed by atoms with E-state index in [1.807, 2.05) is 0 Å². The summed E-state index contributed by atoms with van der Waals surface area (Å²) < 4.78 is 0. The monoisotopic (exact) mass is 174 g/mol. The van der Waals surface area contributed by atoms with Gasteiger partial charge in [0.2, 0.25) is 0 Å². The zero-order chi connectivity index (χ0) is 9.14. The molecule has 0 bridgehead atoms. The maximum Gasteiger partial charge on any atom is 0.164 e. The molecule has 1 atom stereocenters. The molecule has 4 nitrogen and oxygen atoms in total. The van der Waals surface area contributed by atoms with Gasteiger partial charge in [0.1, 0.15) is 0 Å². The first-order valence-electron chi connectivity index (χ1n) is 4.38. The minimum Gasteiger partial charge on any atom is -0.367 e. The van der Waals surface area contributed by atoms with Crippen LogP contribution >= 0.6 is 0 Å². The highest BCUT2D eigenvalue weighted by Crippen LogP contribution is 2.07. The third-order valence-electron chi connectivity index (χ3n) is 2.37. The summed E-state index contributed by atoms with van der Waals surface area (Å²) in [7, 11) is 2.09. The Hall–Kier alpha value is -0.160. The topological polar surface area (TPSA) is 46.9 Å². The van der Waals surface area contributed by atoms with Gasteiger partial charge in [-0.05, 0) is 14.0 Å². The summed E-state index contributed by atoms with van der Waals surface area (Å²) in [6.07, 6.45) is -1.20. The maximum atomic E-state index is 8.79. The van der Waals surface area contributed by atoms with Crippen molar-refractivity contribution in [2.24, 2.45) is 0 Å². The van der Waals surface area contributed by atoms with Gasteiger partial charge in [0.05, 0.1) is 0 Å². The smallest absolute Gasteiger partial charge is 0.164 e. The zero-order valence-electron chi connectivity index (χ0n) is 7.77. The van der Waals surface area contributed by atoms with Gasteiger partial charge >= 0.3 is 0 Å². The minimum absolute atomic E-state index is 0.370. The van der Waals surface area contributed by atoms with E-state index >= 15 is 0 Å². The van der Waals surface area contributed by atoms with E-state index < -0.39 is 6.29 Å². The number of likely N-dealkylation sites (N-methyl/N-ethyl adjacent to an activating group) is 1. The predicted octanol–water partition coefficient (Wildman–Crippen LogP) is -1.07. The Balaban J connectivity index is 2.34. The second-order valence-corrected chi connectivity index (χ2v) is 3.59. The van der Waals surface area contributed by atoms with Gasteiger partial charge in [-0.25, -0.2) is 0 Å². The van der Waals surface area contributed by atoms with Crippen LogP contribution in [0.4, 0.5) is 0 Å². The molecule has 72 valence electrons. The molecule has 1 saturated heterocycles. The van der Waals surface area contributed by atoms with E-state index in [4.69, 9.17) is 10.2 Å². The molecule has 0 amide bonds. The van der Waals surface area contributed by atoms with Crippen LogP contribution in [-0.4, -0.2) is 65.6 Å². The first kappa shape index (κ1) is 9.92. The fourth-order valence-electron chi connectivity index (χ4n) is 1.66. The van der Waals surface area contributed by atoms with Crippen molar-refractivity contribution in [1.29, 1.82) is 0 Å². The SMILES string of the molecule is CC1CN(C)CCN1CC(O)O. The molecule has 0 aromatic heterocycles. The number of piperazine rings is 1. The van der Waals surface area contributed by atoms with Gasteiger partial charge in [0.15, 0.2) is 6.29 Å². The summed E-state index contributed by atoms with van der Waals surface area (Å²) in [5.41, 5.74) is 0. The van der Waals surface area contributed by atoms with Crippen molar-refractivity contribution < 1.29 is 10.2 Å². The Morgan fingerprint density at radius 2 is 2.08 bits per heavy atom. The molecule has 1 heterocycles. The zero-order valence-corrected chi connectivity index (χ0v) is 7.77. The first-order valence-corrected chi connectivity index (χ1v) is 4.38. The molecular weight excluding hydrogens is 156 g/mol. The second kappa shape index (κ2) is 4.18. The van der Waals surface area contributed by atoms with Crippen molar-refractivity contribution in [3.05, 3.63) is 0 Å². The van der Waals surface area contributed by atoms with Crippen molar-refractivity contribution in [3.8, 4) is 0 Å². The number of hydrogen-bond donors (Lipinski definition) is 2. The molecule has 0 radical (unpaired) electrons. The summed E-state index contributed by atoms with van der Waals surface area (Å²) in [4.78, 5) is 4.36. The summed E-state index contributed by atoms with van der Waals surface area (Å²) in [6.45, 7) is 5.42. The molecule has 0 aliphatic carbocycles. The fourth-order valence-corrected chi connectivity index (χ4v) is 1.66. The van der Waals surface area contributed by atoms with E-state index in [-0.39, 0.29) is 0 Å². The average molecular weight is 174 g/mol. The van der Waals surface area contributed by atoms with E-state index in [9.17, 15) is 0 Å². The summed E-state index contributed by atoms with van der Waals surface area (Å²) in [6, 6.07) is 0.422. The van der Waals surface area contributed by atoms with Gasteiger partial charge in [-0.15, -0.1) is 0 Å². The van der Waals surface area contributed by atoms with E-state index in [2.05, 4.69) is 23.8 Å². The van der Waals surface area contributed by atoms with Gasteiger partial charge in [0.25, 0.3) is 0 Å². The molecule has 0 saturated carbocycles. The summed E-state index contributed by atoms with van der Waals surface area (Å²) in [5.74, 6) is 0. The number of rotatable bonds is 2. The Morgan fingerprint density at radius 1 is 1.42 bits per heavy atom. The molecule has 0 spiro atoms. The standard InChI is InChI=1S/C8H18N2O2/c1-7-5-9(2)3-4-10(7)6-8(11)12/h7-8,11-12H,3-6H2,1-2H3. The van der Waals surface area contributed by atoms with Gasteiger partial charge in [0, 0.05) is 32.2 Å². The molecule has 1 unspecified atom stereocenters. The van der Waals surface area contributed by atoms with Crippen LogP contribution in [0.15, 0.2) is 0 Å². The second-order valence-electron chi connectivity index (χ2n) is 3.59.